The molecule has 5 rings (SSSR count). The zero-order valence-electron chi connectivity index (χ0n) is 30.7. The molecule has 324 valence electrons. The SMILES string of the molecule is Cc1cc(N=Nc2cc(OCCCS(=O)(=O)O)c(N)cc2C)c(SCCCS(=O)(=O)O)cc1N=Nc1nc2c(S(=O)(=O)O)cc3c(S(=O)(=O)O)cc(S(=O)(=O)O)cc3c2s1. The van der Waals surface area contributed by atoms with Crippen LogP contribution in [-0.4, -0.2) is 93.7 Å². The van der Waals surface area contributed by atoms with E-state index in [0.29, 0.717) is 45.2 Å². The van der Waals surface area contributed by atoms with Gasteiger partial charge in [-0.2, -0.15) is 47.2 Å². The van der Waals surface area contributed by atoms with E-state index in [0.717, 1.165) is 17.8 Å². The molecule has 60 heavy (non-hydrogen) atoms. The Balaban J connectivity index is 1.58. The number of hydrogen-bond acceptors (Lipinski definition) is 19. The molecule has 1 heterocycles. The molecule has 0 aliphatic heterocycles. The summed E-state index contributed by atoms with van der Waals surface area (Å²) in [7, 11) is -23.9. The van der Waals surface area contributed by atoms with E-state index in [2.05, 4.69) is 25.4 Å². The third-order valence-electron chi connectivity index (χ3n) is 8.06. The highest BCUT2D eigenvalue weighted by atomic mass is 32.2. The van der Waals surface area contributed by atoms with E-state index in [9.17, 15) is 60.3 Å². The molecule has 0 spiro atoms. The predicted octanol–water partition coefficient (Wildman–Crippen LogP) is 6.25. The number of ether oxygens (including phenoxy) is 1. The van der Waals surface area contributed by atoms with Gasteiger partial charge in [-0.15, -0.1) is 27.1 Å². The topological polar surface area (TPSA) is 369 Å². The van der Waals surface area contributed by atoms with Crippen LogP contribution >= 0.6 is 23.1 Å². The number of aryl methyl sites for hydroxylation is 2. The number of benzene rings is 4. The molecule has 0 aliphatic carbocycles. The van der Waals surface area contributed by atoms with Crippen molar-refractivity contribution in [3.05, 3.63) is 53.6 Å². The van der Waals surface area contributed by atoms with E-state index in [1.807, 2.05) is 0 Å². The molecule has 5 aromatic rings. The van der Waals surface area contributed by atoms with Crippen LogP contribution < -0.4 is 10.5 Å². The average Bonchev–Trinajstić information content (AvgIpc) is 3.53. The molecule has 0 atom stereocenters. The summed E-state index contributed by atoms with van der Waals surface area (Å²) < 4.78 is 171. The number of thioether (sulfide) groups is 1. The van der Waals surface area contributed by atoms with Gasteiger partial charge in [0.05, 0.1) is 50.5 Å². The second-order valence-electron chi connectivity index (χ2n) is 12.6. The summed E-state index contributed by atoms with van der Waals surface area (Å²) in [6, 6.07) is 7.95. The molecular weight excluding hydrogens is 937 g/mol. The lowest BCUT2D eigenvalue weighted by molar-refractivity contribution is 0.318. The molecule has 7 N–H and O–H groups in total. The van der Waals surface area contributed by atoms with E-state index >= 15 is 0 Å². The summed E-state index contributed by atoms with van der Waals surface area (Å²) in [6.45, 7) is 3.21. The predicted molar refractivity (Wildman–Crippen MR) is 220 cm³/mol. The number of rotatable bonds is 17. The summed E-state index contributed by atoms with van der Waals surface area (Å²) in [5.74, 6) is -0.744. The van der Waals surface area contributed by atoms with Gasteiger partial charge in [0.2, 0.25) is 5.13 Å². The summed E-state index contributed by atoms with van der Waals surface area (Å²) in [6.07, 6.45) is -0.00406. The molecule has 0 saturated heterocycles. The van der Waals surface area contributed by atoms with Gasteiger partial charge in [0, 0.05) is 21.7 Å². The second kappa shape index (κ2) is 17.6. The van der Waals surface area contributed by atoms with Crippen molar-refractivity contribution in [3.8, 4) is 5.75 Å². The molecule has 0 amide bonds. The van der Waals surface area contributed by atoms with Crippen LogP contribution in [0.15, 0.2) is 82.5 Å². The Morgan fingerprint density at radius 1 is 0.667 bits per heavy atom. The van der Waals surface area contributed by atoms with Crippen LogP contribution in [0.5, 0.6) is 5.75 Å². The Labute approximate surface area is 350 Å². The first kappa shape index (κ1) is 46.8. The van der Waals surface area contributed by atoms with Gasteiger partial charge in [-0.3, -0.25) is 22.8 Å². The molecule has 0 fully saturated rings. The van der Waals surface area contributed by atoms with Gasteiger partial charge in [-0.05, 0) is 80.0 Å². The highest BCUT2D eigenvalue weighted by Gasteiger charge is 2.27. The largest absolute Gasteiger partial charge is 0.491 e. The number of azo groups is 2. The lowest BCUT2D eigenvalue weighted by Crippen LogP contribution is -2.09. The smallest absolute Gasteiger partial charge is 0.296 e. The number of nitrogens with zero attached hydrogens (tertiary/aromatic N) is 5. The number of hydrogen-bond donors (Lipinski definition) is 6. The van der Waals surface area contributed by atoms with E-state index in [-0.39, 0.29) is 63.2 Å². The summed E-state index contributed by atoms with van der Waals surface area (Å²) in [4.78, 5) is 1.52. The van der Waals surface area contributed by atoms with Gasteiger partial charge >= 0.3 is 0 Å². The molecule has 1 aromatic heterocycles. The van der Waals surface area contributed by atoms with Crippen molar-refractivity contribution >= 4 is 123 Å². The minimum absolute atomic E-state index is 0.0223. The van der Waals surface area contributed by atoms with Gasteiger partial charge in [0.15, 0.2) is 0 Å². The van der Waals surface area contributed by atoms with Crippen LogP contribution in [0.1, 0.15) is 24.0 Å². The summed E-state index contributed by atoms with van der Waals surface area (Å²) >= 11 is 1.70. The van der Waals surface area contributed by atoms with Crippen molar-refractivity contribution in [3.63, 3.8) is 0 Å². The first-order valence-corrected chi connectivity index (χ1v) is 25.8. The number of thiazole rings is 1. The van der Waals surface area contributed by atoms with Crippen LogP contribution in [0.4, 0.5) is 27.9 Å². The lowest BCUT2D eigenvalue weighted by Gasteiger charge is -2.11. The molecule has 0 radical (unpaired) electrons. The molecule has 0 unspecified atom stereocenters. The van der Waals surface area contributed by atoms with Crippen molar-refractivity contribution in [2.24, 2.45) is 20.5 Å². The maximum atomic E-state index is 12.4. The van der Waals surface area contributed by atoms with Crippen LogP contribution in [0.2, 0.25) is 0 Å². The highest BCUT2D eigenvalue weighted by Crippen LogP contribution is 2.43. The van der Waals surface area contributed by atoms with Gasteiger partial charge in [-0.1, -0.05) is 11.3 Å². The van der Waals surface area contributed by atoms with Gasteiger partial charge in [0.1, 0.15) is 21.1 Å². The first-order valence-electron chi connectivity index (χ1n) is 16.5. The molecule has 0 bridgehead atoms. The van der Waals surface area contributed by atoms with Crippen LogP contribution in [0.25, 0.3) is 21.0 Å². The Morgan fingerprint density at radius 2 is 1.25 bits per heavy atom. The number of nitrogens with two attached hydrogens (primary N) is 1. The van der Waals surface area contributed by atoms with E-state index in [4.69, 9.17) is 15.0 Å². The van der Waals surface area contributed by atoms with Crippen LogP contribution in [0, 0.1) is 13.8 Å². The van der Waals surface area contributed by atoms with Crippen LogP contribution in [0.3, 0.4) is 0 Å². The molecule has 0 saturated carbocycles. The quantitative estimate of drug-likeness (QED) is 0.0197. The molecule has 29 heteroatoms. The second-order valence-corrected chi connectivity index (χ2v) is 22.1. The fraction of sp³-hybridized carbons (Fsp3) is 0.258. The van der Waals surface area contributed by atoms with Crippen molar-refractivity contribution < 1.29 is 69.6 Å². The Hall–Kier alpha value is -4.27. The third kappa shape index (κ3) is 12.0. The fourth-order valence-corrected chi connectivity index (χ4v) is 10.5. The minimum atomic E-state index is -5.25. The normalized spacial score (nSPS) is 13.3. The monoisotopic (exact) mass is 968 g/mol. The third-order valence-corrected chi connectivity index (χ3v) is 14.4. The average molecular weight is 969 g/mol. The summed E-state index contributed by atoms with van der Waals surface area (Å²) in [5.41, 5.74) is 7.57. The van der Waals surface area contributed by atoms with Crippen LogP contribution in [-0.2, 0) is 50.6 Å². The van der Waals surface area contributed by atoms with Gasteiger partial charge < -0.3 is 10.5 Å². The van der Waals surface area contributed by atoms with Crippen molar-refractivity contribution in [2.45, 2.75) is 46.3 Å². The zero-order chi connectivity index (χ0) is 44.6. The zero-order valence-corrected chi connectivity index (χ0v) is 36.4. The maximum Gasteiger partial charge on any atom is 0.296 e. The number of nitrogen functional groups attached to an aromatic ring is 1. The lowest BCUT2D eigenvalue weighted by atomic mass is 10.1. The van der Waals surface area contributed by atoms with Crippen molar-refractivity contribution in [1.82, 2.24) is 4.98 Å². The highest BCUT2D eigenvalue weighted by molar-refractivity contribution is 7.99. The number of aromatic nitrogens is 1. The Kier molecular flexibility index (Phi) is 13.7. The first-order chi connectivity index (χ1) is 27.6. The van der Waals surface area contributed by atoms with Crippen molar-refractivity contribution in [2.75, 3.05) is 29.6 Å². The minimum Gasteiger partial charge on any atom is -0.491 e. The summed E-state index contributed by atoms with van der Waals surface area (Å²) in [5, 5.41) is 15.9. The van der Waals surface area contributed by atoms with Crippen molar-refractivity contribution in [1.29, 1.82) is 0 Å². The van der Waals surface area contributed by atoms with E-state index < -0.39 is 87.7 Å². The standard InChI is InChI=1S/C31H32N6O16S7/c1-16-9-21(32)25(53-5-3-7-56(38,39)40)14-22(16)34-36-24-10-17(2)23(15-26(24)54-6-4-8-57(41,42)43)35-37-31-33-29-28(60(50,51)52)13-19-20(30(29)55-31)11-18(58(44,45)46)12-27(19)59(47,48)49/h9-15H,3-8,32H2,1-2H3,(H,38,39,40)(H,41,42,43)(H,44,45,46)(H,47,48,49)(H,50,51,52). The number of fused-ring (bicyclic) bond motifs is 3. The Bertz CT molecular complexity index is 3170. The fourth-order valence-electron chi connectivity index (χ4n) is 5.34. The van der Waals surface area contributed by atoms with Gasteiger partial charge in [0.25, 0.3) is 50.6 Å². The molecule has 22 nitrogen and oxygen atoms in total. The maximum absolute atomic E-state index is 12.4. The Morgan fingerprint density at radius 3 is 1.87 bits per heavy atom. The molecular formula is C31H32N6O16S7. The van der Waals surface area contributed by atoms with Gasteiger partial charge in [-0.25, -0.2) is 4.98 Å². The van der Waals surface area contributed by atoms with E-state index in [1.165, 1.54) is 12.1 Å². The van der Waals surface area contributed by atoms with E-state index in [1.54, 1.807) is 26.0 Å². The molecule has 0 aliphatic rings. The molecule has 4 aromatic carbocycles. The number of anilines is 1.